The zero-order chi connectivity index (χ0) is 10.3. The third kappa shape index (κ3) is 1.40. The standard InChI is InChI=1S/C13H16S/c1-8-5-4-6-11-12(8)9(2)7-10(3)13(11)14/h7-8H,2,4-6H2,1,3H3. The third-order valence-electron chi connectivity index (χ3n) is 3.25. The van der Waals surface area contributed by atoms with Crippen LogP contribution in [0.15, 0.2) is 34.9 Å². The lowest BCUT2D eigenvalue weighted by atomic mass is 9.75. The van der Waals surface area contributed by atoms with Crippen LogP contribution in [-0.4, -0.2) is 4.86 Å². The van der Waals surface area contributed by atoms with Crippen LogP contribution < -0.4 is 0 Å². The Balaban J connectivity index is 2.50. The fourth-order valence-electron chi connectivity index (χ4n) is 2.55. The van der Waals surface area contributed by atoms with Gasteiger partial charge >= 0.3 is 0 Å². The molecule has 0 bridgehead atoms. The SMILES string of the molecule is C=C1C=C(C)C(=S)C2=C1C(C)CCC2. The van der Waals surface area contributed by atoms with Gasteiger partial charge in [0.15, 0.2) is 0 Å². The van der Waals surface area contributed by atoms with E-state index in [0.717, 1.165) is 11.3 Å². The smallest absolute Gasteiger partial charge is 0.0441 e. The quantitative estimate of drug-likeness (QED) is 0.538. The highest BCUT2D eigenvalue weighted by Crippen LogP contribution is 2.39. The zero-order valence-corrected chi connectivity index (χ0v) is 9.71. The molecule has 1 heteroatoms. The summed E-state index contributed by atoms with van der Waals surface area (Å²) in [4.78, 5) is 1.08. The summed E-state index contributed by atoms with van der Waals surface area (Å²) < 4.78 is 0. The van der Waals surface area contributed by atoms with E-state index < -0.39 is 0 Å². The van der Waals surface area contributed by atoms with Gasteiger partial charge in [0.2, 0.25) is 0 Å². The molecule has 0 saturated heterocycles. The highest BCUT2D eigenvalue weighted by Gasteiger charge is 2.26. The van der Waals surface area contributed by atoms with E-state index in [2.05, 4.69) is 26.5 Å². The lowest BCUT2D eigenvalue weighted by Gasteiger charge is -2.30. The normalized spacial score (nSPS) is 27.6. The molecule has 0 N–H and O–H groups in total. The summed E-state index contributed by atoms with van der Waals surface area (Å²) in [6.07, 6.45) is 5.86. The first-order valence-corrected chi connectivity index (χ1v) is 5.67. The first kappa shape index (κ1) is 9.85. The molecule has 1 unspecified atom stereocenters. The summed E-state index contributed by atoms with van der Waals surface area (Å²) in [6.45, 7) is 8.52. The van der Waals surface area contributed by atoms with Crippen molar-refractivity contribution in [3.63, 3.8) is 0 Å². The van der Waals surface area contributed by atoms with E-state index in [1.807, 2.05) is 0 Å². The molecule has 2 aliphatic carbocycles. The van der Waals surface area contributed by atoms with Gasteiger partial charge in [0, 0.05) is 4.86 Å². The van der Waals surface area contributed by atoms with Gasteiger partial charge in [-0.1, -0.05) is 31.8 Å². The summed E-state index contributed by atoms with van der Waals surface area (Å²) in [5.74, 6) is 0.647. The molecule has 0 aliphatic heterocycles. The molecule has 0 aromatic carbocycles. The third-order valence-corrected chi connectivity index (χ3v) is 3.82. The lowest BCUT2D eigenvalue weighted by Crippen LogP contribution is -2.19. The van der Waals surface area contributed by atoms with Crippen LogP contribution in [0.1, 0.15) is 33.1 Å². The van der Waals surface area contributed by atoms with Crippen LogP contribution in [0.5, 0.6) is 0 Å². The number of rotatable bonds is 0. The highest BCUT2D eigenvalue weighted by atomic mass is 32.1. The van der Waals surface area contributed by atoms with Crippen LogP contribution in [0.2, 0.25) is 0 Å². The van der Waals surface area contributed by atoms with E-state index in [1.165, 1.54) is 35.1 Å². The maximum absolute atomic E-state index is 5.46. The van der Waals surface area contributed by atoms with E-state index in [1.54, 1.807) is 0 Å². The Kier molecular flexibility index (Phi) is 2.44. The Morgan fingerprint density at radius 1 is 1.50 bits per heavy atom. The molecular formula is C13H16S. The van der Waals surface area contributed by atoms with Crippen molar-refractivity contribution in [2.24, 2.45) is 5.92 Å². The summed E-state index contributed by atoms with van der Waals surface area (Å²) in [6, 6.07) is 0. The molecule has 0 heterocycles. The van der Waals surface area contributed by atoms with Crippen LogP contribution in [-0.2, 0) is 0 Å². The summed E-state index contributed by atoms with van der Waals surface area (Å²) >= 11 is 5.46. The van der Waals surface area contributed by atoms with Crippen LogP contribution in [0.4, 0.5) is 0 Å². The van der Waals surface area contributed by atoms with Crippen molar-refractivity contribution in [3.8, 4) is 0 Å². The molecule has 0 amide bonds. The molecule has 0 nitrogen and oxygen atoms in total. The van der Waals surface area contributed by atoms with Gasteiger partial charge in [0.05, 0.1) is 0 Å². The van der Waals surface area contributed by atoms with Crippen LogP contribution in [0.25, 0.3) is 0 Å². The van der Waals surface area contributed by atoms with E-state index in [-0.39, 0.29) is 0 Å². The number of allylic oxidation sites excluding steroid dienone is 5. The van der Waals surface area contributed by atoms with E-state index in [0.29, 0.717) is 5.92 Å². The summed E-state index contributed by atoms with van der Waals surface area (Å²) in [5, 5.41) is 0. The van der Waals surface area contributed by atoms with Crippen LogP contribution in [0.3, 0.4) is 0 Å². The van der Waals surface area contributed by atoms with Gasteiger partial charge in [-0.3, -0.25) is 0 Å². The fraction of sp³-hybridized carbons (Fsp3) is 0.462. The topological polar surface area (TPSA) is 0 Å². The Morgan fingerprint density at radius 2 is 2.21 bits per heavy atom. The first-order chi connectivity index (χ1) is 6.61. The minimum Gasteiger partial charge on any atom is -0.0915 e. The minimum absolute atomic E-state index is 0.647. The second kappa shape index (κ2) is 3.47. The molecule has 0 radical (unpaired) electrons. The van der Waals surface area contributed by atoms with Crippen molar-refractivity contribution in [2.75, 3.05) is 0 Å². The van der Waals surface area contributed by atoms with Crippen molar-refractivity contribution >= 4 is 17.1 Å². The van der Waals surface area contributed by atoms with Crippen LogP contribution in [0, 0.1) is 5.92 Å². The van der Waals surface area contributed by atoms with Crippen molar-refractivity contribution < 1.29 is 0 Å². The van der Waals surface area contributed by atoms with Crippen LogP contribution >= 0.6 is 12.2 Å². The van der Waals surface area contributed by atoms with E-state index in [9.17, 15) is 0 Å². The van der Waals surface area contributed by atoms with Gasteiger partial charge in [0.1, 0.15) is 0 Å². The highest BCUT2D eigenvalue weighted by molar-refractivity contribution is 7.81. The first-order valence-electron chi connectivity index (χ1n) is 5.26. The Morgan fingerprint density at radius 3 is 2.93 bits per heavy atom. The maximum atomic E-state index is 5.46. The van der Waals surface area contributed by atoms with E-state index >= 15 is 0 Å². The fourth-order valence-corrected chi connectivity index (χ4v) is 2.82. The molecule has 2 aliphatic rings. The van der Waals surface area contributed by atoms with Gasteiger partial charge in [0.25, 0.3) is 0 Å². The van der Waals surface area contributed by atoms with Gasteiger partial charge < -0.3 is 0 Å². The van der Waals surface area contributed by atoms with Gasteiger partial charge in [-0.05, 0) is 54.4 Å². The maximum Gasteiger partial charge on any atom is 0.0441 e. The lowest BCUT2D eigenvalue weighted by molar-refractivity contribution is 0.551. The van der Waals surface area contributed by atoms with Crippen molar-refractivity contribution in [1.29, 1.82) is 0 Å². The Bertz CT molecular complexity index is 369. The van der Waals surface area contributed by atoms with Crippen molar-refractivity contribution in [2.45, 2.75) is 33.1 Å². The molecule has 0 fully saturated rings. The second-order valence-corrected chi connectivity index (χ2v) is 4.78. The molecule has 2 rings (SSSR count). The van der Waals surface area contributed by atoms with Gasteiger partial charge in [-0.15, -0.1) is 0 Å². The average molecular weight is 204 g/mol. The average Bonchev–Trinajstić information content (AvgIpc) is 2.14. The monoisotopic (exact) mass is 204 g/mol. The minimum atomic E-state index is 0.647. The molecule has 14 heavy (non-hydrogen) atoms. The largest absolute Gasteiger partial charge is 0.0915 e. The molecule has 0 aromatic rings. The molecule has 0 saturated carbocycles. The number of hydrogen-bond donors (Lipinski definition) is 0. The van der Waals surface area contributed by atoms with Crippen molar-refractivity contribution in [3.05, 3.63) is 34.9 Å². The number of thiocarbonyl (C=S) groups is 1. The summed E-state index contributed by atoms with van der Waals surface area (Å²) in [7, 11) is 0. The van der Waals surface area contributed by atoms with Gasteiger partial charge in [-0.2, -0.15) is 0 Å². The van der Waals surface area contributed by atoms with Gasteiger partial charge in [-0.25, -0.2) is 0 Å². The number of hydrogen-bond acceptors (Lipinski definition) is 1. The predicted molar refractivity (Wildman–Crippen MR) is 65.5 cm³/mol. The van der Waals surface area contributed by atoms with E-state index in [4.69, 9.17) is 12.2 Å². The molecular weight excluding hydrogens is 188 g/mol. The zero-order valence-electron chi connectivity index (χ0n) is 8.89. The molecule has 0 spiro atoms. The summed E-state index contributed by atoms with van der Waals surface area (Å²) in [5.41, 5.74) is 5.26. The Labute approximate surface area is 91.4 Å². The predicted octanol–water partition coefficient (Wildman–Crippen LogP) is 3.99. The Hall–Kier alpha value is -0.690. The molecule has 74 valence electrons. The molecule has 0 aromatic heterocycles. The second-order valence-electron chi connectivity index (χ2n) is 4.37. The molecule has 1 atom stereocenters. The van der Waals surface area contributed by atoms with Crippen molar-refractivity contribution in [1.82, 2.24) is 0 Å².